The first-order valence-electron chi connectivity index (χ1n) is 5.05. The average Bonchev–Trinajstić information content (AvgIpc) is 2.34. The summed E-state index contributed by atoms with van der Waals surface area (Å²) < 4.78 is 13.5. The summed E-state index contributed by atoms with van der Waals surface area (Å²) in [5.74, 6) is 0.0183. The van der Waals surface area contributed by atoms with Gasteiger partial charge in [-0.25, -0.2) is 9.37 Å². The summed E-state index contributed by atoms with van der Waals surface area (Å²) in [4.78, 5) is 4.34. The van der Waals surface area contributed by atoms with E-state index in [0.29, 0.717) is 11.4 Å². The van der Waals surface area contributed by atoms with E-state index in [1.165, 1.54) is 18.3 Å². The summed E-state index contributed by atoms with van der Waals surface area (Å²) in [5, 5.41) is 3.09. The fourth-order valence-electron chi connectivity index (χ4n) is 1.36. The molecule has 3 N–H and O–H groups in total. The smallest absolute Gasteiger partial charge is 0.148 e. The molecule has 0 unspecified atom stereocenters. The molecule has 2 aromatic rings. The van der Waals surface area contributed by atoms with Gasteiger partial charge in [0.05, 0.1) is 10.7 Å². The molecule has 0 saturated carbocycles. The lowest BCUT2D eigenvalue weighted by molar-refractivity contribution is 0.632. The van der Waals surface area contributed by atoms with E-state index in [9.17, 15) is 4.39 Å². The lowest BCUT2D eigenvalue weighted by Crippen LogP contribution is -2.09. The van der Waals surface area contributed by atoms with Crippen molar-refractivity contribution in [3.8, 4) is 0 Å². The van der Waals surface area contributed by atoms with Gasteiger partial charge in [-0.15, -0.1) is 0 Å². The van der Waals surface area contributed by atoms with Crippen molar-refractivity contribution in [2.75, 3.05) is 5.32 Å². The SMILES string of the molecule is NC(=S)c1ccc(Nc2c(F)cccc2Cl)nc1. The topological polar surface area (TPSA) is 50.9 Å². The van der Waals surface area contributed by atoms with Gasteiger partial charge in [0.25, 0.3) is 0 Å². The second-order valence-corrected chi connectivity index (χ2v) is 4.37. The molecule has 0 radical (unpaired) electrons. The molecule has 1 aromatic heterocycles. The van der Waals surface area contributed by atoms with Crippen molar-refractivity contribution in [1.29, 1.82) is 0 Å². The van der Waals surface area contributed by atoms with E-state index in [2.05, 4.69) is 10.3 Å². The van der Waals surface area contributed by atoms with Gasteiger partial charge in [-0.05, 0) is 24.3 Å². The van der Waals surface area contributed by atoms with Gasteiger partial charge in [-0.3, -0.25) is 0 Å². The Bertz CT molecular complexity index is 566. The summed E-state index contributed by atoms with van der Waals surface area (Å²) in [7, 11) is 0. The normalized spacial score (nSPS) is 10.1. The number of benzene rings is 1. The average molecular weight is 282 g/mol. The molecule has 92 valence electrons. The van der Waals surface area contributed by atoms with E-state index >= 15 is 0 Å². The summed E-state index contributed by atoms with van der Waals surface area (Å²) in [6.07, 6.45) is 1.51. The molecule has 3 nitrogen and oxygen atoms in total. The van der Waals surface area contributed by atoms with Gasteiger partial charge in [0.2, 0.25) is 0 Å². The van der Waals surface area contributed by atoms with Gasteiger partial charge < -0.3 is 11.1 Å². The van der Waals surface area contributed by atoms with Gasteiger partial charge >= 0.3 is 0 Å². The molecule has 6 heteroatoms. The van der Waals surface area contributed by atoms with Crippen LogP contribution in [0.1, 0.15) is 5.56 Å². The van der Waals surface area contributed by atoms with Crippen LogP contribution in [0.2, 0.25) is 5.02 Å². The van der Waals surface area contributed by atoms with Crippen molar-refractivity contribution in [2.45, 2.75) is 0 Å². The van der Waals surface area contributed by atoms with Crippen LogP contribution in [0, 0.1) is 5.82 Å². The highest BCUT2D eigenvalue weighted by atomic mass is 35.5. The molecule has 0 saturated heterocycles. The standard InChI is InChI=1S/C12H9ClFN3S/c13-8-2-1-3-9(14)11(8)17-10-5-4-7(6-16-10)12(15)18/h1-6H,(H2,15,18)(H,16,17). The fraction of sp³-hybridized carbons (Fsp3) is 0. The second kappa shape index (κ2) is 5.29. The monoisotopic (exact) mass is 281 g/mol. The van der Waals surface area contributed by atoms with Crippen LogP contribution in [-0.4, -0.2) is 9.97 Å². The number of thiocarbonyl (C=S) groups is 1. The molecule has 0 aliphatic carbocycles. The van der Waals surface area contributed by atoms with Gasteiger partial charge in [-0.1, -0.05) is 29.9 Å². The minimum atomic E-state index is -0.442. The van der Waals surface area contributed by atoms with E-state index in [1.54, 1.807) is 18.2 Å². The number of hydrogen-bond acceptors (Lipinski definition) is 3. The molecule has 0 spiro atoms. The van der Waals surface area contributed by atoms with Crippen molar-refractivity contribution in [1.82, 2.24) is 4.98 Å². The number of anilines is 2. The Labute approximate surface area is 114 Å². The van der Waals surface area contributed by atoms with Crippen LogP contribution in [0.25, 0.3) is 0 Å². The molecule has 0 atom stereocenters. The summed E-state index contributed by atoms with van der Waals surface area (Å²) >= 11 is 10.7. The van der Waals surface area contributed by atoms with Crippen molar-refractivity contribution in [3.05, 3.63) is 52.9 Å². The Kier molecular flexibility index (Phi) is 3.74. The number of nitrogens with two attached hydrogens (primary N) is 1. The van der Waals surface area contributed by atoms with E-state index in [-0.39, 0.29) is 15.7 Å². The van der Waals surface area contributed by atoms with Crippen LogP contribution in [0.15, 0.2) is 36.5 Å². The number of para-hydroxylation sites is 1. The fourth-order valence-corrected chi connectivity index (χ4v) is 1.69. The number of pyridine rings is 1. The number of hydrogen-bond donors (Lipinski definition) is 2. The van der Waals surface area contributed by atoms with Gasteiger partial charge in [-0.2, -0.15) is 0 Å². The summed E-state index contributed by atoms with van der Waals surface area (Å²) in [6.45, 7) is 0. The summed E-state index contributed by atoms with van der Waals surface area (Å²) in [6, 6.07) is 7.80. The van der Waals surface area contributed by atoms with E-state index in [4.69, 9.17) is 29.6 Å². The number of aromatic nitrogens is 1. The third-order valence-electron chi connectivity index (χ3n) is 2.26. The Morgan fingerprint density at radius 2 is 2.11 bits per heavy atom. The molecular weight excluding hydrogens is 273 g/mol. The quantitative estimate of drug-likeness (QED) is 0.848. The third kappa shape index (κ3) is 2.75. The molecular formula is C12H9ClFN3S. The predicted molar refractivity (Wildman–Crippen MR) is 74.8 cm³/mol. The third-order valence-corrected chi connectivity index (χ3v) is 2.81. The minimum absolute atomic E-state index is 0.190. The lowest BCUT2D eigenvalue weighted by atomic mass is 10.2. The predicted octanol–water partition coefficient (Wildman–Crippen LogP) is 3.25. The van der Waals surface area contributed by atoms with Crippen molar-refractivity contribution >= 4 is 40.3 Å². The molecule has 0 fully saturated rings. The van der Waals surface area contributed by atoms with Crippen molar-refractivity contribution < 1.29 is 4.39 Å². The van der Waals surface area contributed by atoms with Crippen molar-refractivity contribution in [3.63, 3.8) is 0 Å². The maximum atomic E-state index is 13.5. The van der Waals surface area contributed by atoms with E-state index in [1.807, 2.05) is 0 Å². The van der Waals surface area contributed by atoms with Gasteiger partial charge in [0.15, 0.2) is 0 Å². The first kappa shape index (κ1) is 12.7. The highest BCUT2D eigenvalue weighted by molar-refractivity contribution is 7.80. The van der Waals surface area contributed by atoms with E-state index in [0.717, 1.165) is 0 Å². The molecule has 2 rings (SSSR count). The van der Waals surface area contributed by atoms with Gasteiger partial charge in [0.1, 0.15) is 16.6 Å². The maximum absolute atomic E-state index is 13.5. The Hall–Kier alpha value is -1.72. The van der Waals surface area contributed by atoms with Crippen LogP contribution in [0.3, 0.4) is 0 Å². The molecule has 0 aliphatic rings. The maximum Gasteiger partial charge on any atom is 0.148 e. The lowest BCUT2D eigenvalue weighted by Gasteiger charge is -2.08. The Balaban J connectivity index is 2.26. The molecule has 0 amide bonds. The zero-order valence-corrected chi connectivity index (χ0v) is 10.7. The van der Waals surface area contributed by atoms with Gasteiger partial charge in [0, 0.05) is 11.8 Å². The molecule has 0 bridgehead atoms. The zero-order valence-electron chi connectivity index (χ0n) is 9.15. The zero-order chi connectivity index (χ0) is 13.1. The molecule has 0 aliphatic heterocycles. The Morgan fingerprint density at radius 1 is 1.33 bits per heavy atom. The minimum Gasteiger partial charge on any atom is -0.389 e. The molecule has 18 heavy (non-hydrogen) atoms. The number of nitrogens with zero attached hydrogens (tertiary/aromatic N) is 1. The van der Waals surface area contributed by atoms with Crippen molar-refractivity contribution in [2.24, 2.45) is 5.73 Å². The van der Waals surface area contributed by atoms with Crippen LogP contribution in [0.4, 0.5) is 15.9 Å². The largest absolute Gasteiger partial charge is 0.389 e. The van der Waals surface area contributed by atoms with Crippen LogP contribution < -0.4 is 11.1 Å². The van der Waals surface area contributed by atoms with Crippen LogP contribution in [0.5, 0.6) is 0 Å². The number of halogens is 2. The highest BCUT2D eigenvalue weighted by Crippen LogP contribution is 2.27. The molecule has 1 heterocycles. The van der Waals surface area contributed by atoms with E-state index < -0.39 is 5.82 Å². The molecule has 1 aromatic carbocycles. The number of rotatable bonds is 3. The highest BCUT2D eigenvalue weighted by Gasteiger charge is 2.07. The van der Waals surface area contributed by atoms with Crippen LogP contribution in [-0.2, 0) is 0 Å². The first-order valence-corrected chi connectivity index (χ1v) is 5.83. The Morgan fingerprint density at radius 3 is 2.67 bits per heavy atom. The number of nitrogens with one attached hydrogen (secondary N) is 1. The summed E-state index contributed by atoms with van der Waals surface area (Å²) in [5.41, 5.74) is 6.29. The van der Waals surface area contributed by atoms with Crippen LogP contribution >= 0.6 is 23.8 Å². The first-order chi connectivity index (χ1) is 8.58. The second-order valence-electron chi connectivity index (χ2n) is 3.52.